The predicted octanol–water partition coefficient (Wildman–Crippen LogP) is 16.5. The molecular formula is C74H50BN7. The van der Waals surface area contributed by atoms with Crippen LogP contribution in [0.15, 0.2) is 231 Å². The number of anilines is 9. The standard InChI is InChI=1S/C74H50BN7/c1-73(2)54-25-9-15-32-63(54)78(64-33-16-10-26-55(64)73)46-37-39-61-50(41-46)51-42-47(79-65-34-17-11-27-56(65)74(3,4)57-28-12-18-35-66(57)79)38-40-62(51)81(61)69-52(43-76)71-68-72(53(69)44-77)82-60-31-14-8-23-48(60)49-24-20-30-59(70(49)82)75(68)58-29-13-19-36-67(58)80(71)45-21-6-5-7-22-45/h5-42H,1-4H3. The molecule has 0 N–H and O–H groups in total. The van der Waals surface area contributed by atoms with Gasteiger partial charge in [0.2, 0.25) is 0 Å². The van der Waals surface area contributed by atoms with E-state index < -0.39 is 0 Å². The topological polar surface area (TPSA) is 67.2 Å². The van der Waals surface area contributed by atoms with Crippen LogP contribution in [0.4, 0.5) is 51.2 Å². The number of hydrogen-bond acceptors (Lipinski definition) is 5. The molecule has 82 heavy (non-hydrogen) atoms. The highest BCUT2D eigenvalue weighted by Crippen LogP contribution is 2.56. The molecule has 0 radical (unpaired) electrons. The lowest BCUT2D eigenvalue weighted by Crippen LogP contribution is -2.61. The van der Waals surface area contributed by atoms with E-state index in [4.69, 9.17) is 0 Å². The van der Waals surface area contributed by atoms with Crippen molar-refractivity contribution < 1.29 is 0 Å². The van der Waals surface area contributed by atoms with Gasteiger partial charge in [-0.05, 0) is 124 Å². The summed E-state index contributed by atoms with van der Waals surface area (Å²) in [5.41, 5.74) is 23.1. The van der Waals surface area contributed by atoms with E-state index in [0.717, 1.165) is 117 Å². The Labute approximate surface area is 475 Å². The summed E-state index contributed by atoms with van der Waals surface area (Å²) in [5, 5.41) is 29.0. The maximum atomic E-state index is 12.4. The van der Waals surface area contributed by atoms with Crippen molar-refractivity contribution in [3.05, 3.63) is 264 Å². The predicted molar refractivity (Wildman–Crippen MR) is 338 cm³/mol. The Morgan fingerprint density at radius 3 is 1.33 bits per heavy atom. The fourth-order valence-electron chi connectivity index (χ4n) is 15.2. The van der Waals surface area contributed by atoms with Crippen molar-refractivity contribution >= 4 is 118 Å². The van der Waals surface area contributed by atoms with Crippen molar-refractivity contribution in [1.82, 2.24) is 9.13 Å². The monoisotopic (exact) mass is 1050 g/mol. The van der Waals surface area contributed by atoms with Crippen LogP contribution in [0, 0.1) is 22.7 Å². The minimum atomic E-state index is -0.279. The highest BCUT2D eigenvalue weighted by molar-refractivity contribution is 7.00. The van der Waals surface area contributed by atoms with Crippen LogP contribution in [-0.4, -0.2) is 15.8 Å². The highest BCUT2D eigenvalue weighted by Gasteiger charge is 2.47. The molecule has 6 heterocycles. The molecule has 7 nitrogen and oxygen atoms in total. The molecule has 4 aliphatic rings. The second-order valence-electron chi connectivity index (χ2n) is 23.4. The summed E-state index contributed by atoms with van der Waals surface area (Å²) in [6.45, 7) is 9.01. The molecular weight excluding hydrogens is 998 g/mol. The Bertz CT molecular complexity index is 4800. The van der Waals surface area contributed by atoms with E-state index >= 15 is 0 Å². The minimum absolute atomic E-state index is 0.243. The third kappa shape index (κ3) is 5.87. The Balaban J connectivity index is 1.03. The zero-order valence-electron chi connectivity index (χ0n) is 45.6. The zero-order valence-corrected chi connectivity index (χ0v) is 45.6. The number of benzene rings is 11. The first-order valence-corrected chi connectivity index (χ1v) is 28.3. The van der Waals surface area contributed by atoms with Crippen LogP contribution < -0.4 is 31.1 Å². The normalized spacial score (nSPS) is 14.7. The molecule has 0 atom stereocenters. The van der Waals surface area contributed by atoms with Crippen molar-refractivity contribution in [2.24, 2.45) is 0 Å². The fourth-order valence-corrected chi connectivity index (χ4v) is 15.2. The van der Waals surface area contributed by atoms with Gasteiger partial charge in [-0.3, -0.25) is 0 Å². The van der Waals surface area contributed by atoms with Gasteiger partial charge in [0.25, 0.3) is 6.71 Å². The van der Waals surface area contributed by atoms with Crippen LogP contribution >= 0.6 is 0 Å². The van der Waals surface area contributed by atoms with Crippen LogP contribution in [0.25, 0.3) is 55.0 Å². The zero-order chi connectivity index (χ0) is 54.9. The number of para-hydroxylation sites is 8. The molecule has 4 aliphatic heterocycles. The van der Waals surface area contributed by atoms with Gasteiger partial charge < -0.3 is 23.8 Å². The van der Waals surface area contributed by atoms with E-state index in [1.807, 2.05) is 6.07 Å². The summed E-state index contributed by atoms with van der Waals surface area (Å²) in [4.78, 5) is 7.12. The van der Waals surface area contributed by atoms with Crippen molar-refractivity contribution in [3.8, 4) is 23.5 Å². The maximum Gasteiger partial charge on any atom is 0.252 e. The van der Waals surface area contributed by atoms with Crippen molar-refractivity contribution in [2.45, 2.75) is 38.5 Å². The van der Waals surface area contributed by atoms with E-state index in [1.165, 1.54) is 22.3 Å². The molecule has 0 spiro atoms. The molecule has 2 aromatic heterocycles. The molecule has 0 saturated heterocycles. The first kappa shape index (κ1) is 46.4. The Morgan fingerprint density at radius 1 is 0.341 bits per heavy atom. The van der Waals surface area contributed by atoms with Crippen LogP contribution in [0.1, 0.15) is 61.1 Å². The number of nitriles is 2. The van der Waals surface area contributed by atoms with Crippen LogP contribution in [0.5, 0.6) is 0 Å². The number of aromatic nitrogens is 2. The number of fused-ring (bicyclic) bond motifs is 14. The lowest BCUT2D eigenvalue weighted by atomic mass is 9.33. The molecule has 0 bridgehead atoms. The lowest BCUT2D eigenvalue weighted by Gasteiger charge is -2.42. The Kier molecular flexibility index (Phi) is 9.34. The van der Waals surface area contributed by atoms with Gasteiger partial charge in [-0.2, -0.15) is 10.5 Å². The summed E-state index contributed by atoms with van der Waals surface area (Å²) < 4.78 is 4.59. The van der Waals surface area contributed by atoms with Crippen LogP contribution in [-0.2, 0) is 10.8 Å². The summed E-state index contributed by atoms with van der Waals surface area (Å²) in [6, 6.07) is 88.8. The van der Waals surface area contributed by atoms with E-state index in [1.54, 1.807) is 0 Å². The van der Waals surface area contributed by atoms with Gasteiger partial charge in [0.05, 0.1) is 56.4 Å². The smallest absolute Gasteiger partial charge is 0.252 e. The first-order chi connectivity index (χ1) is 40.2. The van der Waals surface area contributed by atoms with Gasteiger partial charge in [-0.1, -0.05) is 173 Å². The first-order valence-electron chi connectivity index (χ1n) is 28.3. The third-order valence-corrected chi connectivity index (χ3v) is 18.7. The van der Waals surface area contributed by atoms with Gasteiger partial charge in [0, 0.05) is 60.6 Å². The molecule has 17 rings (SSSR count). The number of rotatable bonds is 4. The lowest BCUT2D eigenvalue weighted by molar-refractivity contribution is 0.632. The number of hydrogen-bond donors (Lipinski definition) is 0. The second kappa shape index (κ2) is 16.5. The van der Waals surface area contributed by atoms with Crippen molar-refractivity contribution in [1.29, 1.82) is 10.5 Å². The molecule has 384 valence electrons. The number of nitrogens with zero attached hydrogens (tertiary/aromatic N) is 7. The van der Waals surface area contributed by atoms with Crippen LogP contribution in [0.2, 0.25) is 0 Å². The summed E-state index contributed by atoms with van der Waals surface area (Å²) in [6.07, 6.45) is 0. The molecule has 8 heteroatoms. The van der Waals surface area contributed by atoms with E-state index in [-0.39, 0.29) is 17.5 Å². The van der Waals surface area contributed by atoms with Crippen LogP contribution in [0.3, 0.4) is 0 Å². The third-order valence-electron chi connectivity index (χ3n) is 18.7. The van der Waals surface area contributed by atoms with E-state index in [9.17, 15) is 10.5 Å². The molecule has 0 fully saturated rings. The molecule has 0 saturated carbocycles. The van der Waals surface area contributed by atoms with E-state index in [2.05, 4.69) is 288 Å². The maximum absolute atomic E-state index is 12.4. The van der Waals surface area contributed by atoms with Crippen molar-refractivity contribution in [2.75, 3.05) is 14.7 Å². The molecule has 13 aromatic rings. The van der Waals surface area contributed by atoms with Gasteiger partial charge in [0.1, 0.15) is 23.3 Å². The molecule has 0 aliphatic carbocycles. The van der Waals surface area contributed by atoms with Gasteiger partial charge >= 0.3 is 0 Å². The average molecular weight is 1050 g/mol. The largest absolute Gasteiger partial charge is 0.310 e. The van der Waals surface area contributed by atoms with Gasteiger partial charge in [-0.15, -0.1) is 0 Å². The van der Waals surface area contributed by atoms with Gasteiger partial charge in [-0.25, -0.2) is 0 Å². The highest BCUT2D eigenvalue weighted by atomic mass is 15.2. The SMILES string of the molecule is CC1(C)c2ccccc2N(c2ccc3c(c2)c2cc(N4c5ccccc5C(C)(C)c5ccccc54)ccc2n3-c2c(C#N)c3c4c(c2C#N)-n2c5ccccc5c5cccc(c52)B4c2ccccc2N3c2ccccc2)c2ccccc21. The summed E-state index contributed by atoms with van der Waals surface area (Å²) >= 11 is 0. The van der Waals surface area contributed by atoms with Crippen molar-refractivity contribution in [3.63, 3.8) is 0 Å². The summed E-state index contributed by atoms with van der Waals surface area (Å²) in [7, 11) is 0. The second-order valence-corrected chi connectivity index (χ2v) is 23.4. The summed E-state index contributed by atoms with van der Waals surface area (Å²) in [5.74, 6) is 0. The fraction of sp³-hybridized carbons (Fsp3) is 0.0811. The minimum Gasteiger partial charge on any atom is -0.310 e. The van der Waals surface area contributed by atoms with Gasteiger partial charge in [0.15, 0.2) is 0 Å². The molecule has 0 amide bonds. The Hall–Kier alpha value is -10.5. The average Bonchev–Trinajstić information content (AvgIpc) is 1.53. The molecule has 11 aromatic carbocycles. The molecule has 0 unspecified atom stereocenters. The Morgan fingerprint density at radius 2 is 0.780 bits per heavy atom. The quantitative estimate of drug-likeness (QED) is 0.164. The van der Waals surface area contributed by atoms with E-state index in [0.29, 0.717) is 16.8 Å².